The smallest absolute Gasteiger partial charge is 0.231 e. The lowest BCUT2D eigenvalue weighted by molar-refractivity contribution is 0.174. The predicted molar refractivity (Wildman–Crippen MR) is 91.1 cm³/mol. The maximum absolute atomic E-state index is 10.0. The van der Waals surface area contributed by atoms with E-state index in [1.165, 1.54) is 0 Å². The van der Waals surface area contributed by atoms with Crippen molar-refractivity contribution in [1.29, 1.82) is 0 Å². The first kappa shape index (κ1) is 15.0. The highest BCUT2D eigenvalue weighted by atomic mass is 79.9. The van der Waals surface area contributed by atoms with E-state index in [9.17, 15) is 5.11 Å². The molecule has 21 heavy (non-hydrogen) atoms. The lowest BCUT2D eigenvalue weighted by atomic mass is 10.1. The van der Waals surface area contributed by atoms with E-state index in [1.807, 2.05) is 12.1 Å². The highest BCUT2D eigenvalue weighted by Crippen LogP contribution is 2.39. The number of anilines is 1. The lowest BCUT2D eigenvalue weighted by Crippen LogP contribution is -2.01. The Morgan fingerprint density at radius 2 is 1.62 bits per heavy atom. The summed E-state index contributed by atoms with van der Waals surface area (Å²) in [4.78, 5) is 0. The third-order valence-corrected chi connectivity index (χ3v) is 4.75. The Labute approximate surface area is 146 Å². The number of halogens is 3. The van der Waals surface area contributed by atoms with E-state index in [2.05, 4.69) is 53.1 Å². The second-order valence-electron chi connectivity index (χ2n) is 4.43. The standard InChI is InChI=1S/C14H10Br3NO3/c15-8-2-9(16)14(10(17)3-8)18-5-7-1-12-13(4-11(7)19)21-6-20-12/h1-4,18-19H,5-6H2. The van der Waals surface area contributed by atoms with Crippen LogP contribution in [-0.2, 0) is 6.54 Å². The van der Waals surface area contributed by atoms with Crippen LogP contribution in [0.3, 0.4) is 0 Å². The molecule has 0 atom stereocenters. The predicted octanol–water partition coefficient (Wildman–Crippen LogP) is 5.02. The quantitative estimate of drug-likeness (QED) is 0.649. The van der Waals surface area contributed by atoms with Crippen molar-refractivity contribution >= 4 is 53.5 Å². The Morgan fingerprint density at radius 3 is 2.29 bits per heavy atom. The Balaban J connectivity index is 1.83. The highest BCUT2D eigenvalue weighted by Gasteiger charge is 2.17. The summed E-state index contributed by atoms with van der Waals surface area (Å²) < 4.78 is 13.4. The van der Waals surface area contributed by atoms with Crippen LogP contribution >= 0.6 is 47.8 Å². The fraction of sp³-hybridized carbons (Fsp3) is 0.143. The maximum atomic E-state index is 10.0. The topological polar surface area (TPSA) is 50.7 Å². The van der Waals surface area contributed by atoms with Gasteiger partial charge >= 0.3 is 0 Å². The second kappa shape index (κ2) is 6.06. The van der Waals surface area contributed by atoms with Gasteiger partial charge in [-0.25, -0.2) is 0 Å². The largest absolute Gasteiger partial charge is 0.507 e. The molecule has 0 unspecified atom stereocenters. The molecule has 2 aromatic rings. The van der Waals surface area contributed by atoms with E-state index in [1.54, 1.807) is 12.1 Å². The molecule has 0 aromatic heterocycles. The molecular weight excluding hydrogens is 470 g/mol. The molecule has 0 spiro atoms. The summed E-state index contributed by atoms with van der Waals surface area (Å²) in [5, 5.41) is 13.3. The molecule has 0 saturated heterocycles. The van der Waals surface area contributed by atoms with Crippen LogP contribution < -0.4 is 14.8 Å². The molecule has 1 heterocycles. The van der Waals surface area contributed by atoms with Gasteiger partial charge in [-0.3, -0.25) is 0 Å². The van der Waals surface area contributed by atoms with Gasteiger partial charge in [-0.1, -0.05) is 15.9 Å². The first-order chi connectivity index (χ1) is 10.0. The number of hydrogen-bond donors (Lipinski definition) is 2. The molecular formula is C14H10Br3NO3. The van der Waals surface area contributed by atoms with Crippen LogP contribution in [-0.4, -0.2) is 11.9 Å². The highest BCUT2D eigenvalue weighted by molar-refractivity contribution is 9.11. The second-order valence-corrected chi connectivity index (χ2v) is 7.06. The van der Waals surface area contributed by atoms with Crippen molar-refractivity contribution in [1.82, 2.24) is 0 Å². The number of aromatic hydroxyl groups is 1. The summed E-state index contributed by atoms with van der Waals surface area (Å²) in [5.41, 5.74) is 1.65. The van der Waals surface area contributed by atoms with Gasteiger partial charge < -0.3 is 19.9 Å². The van der Waals surface area contributed by atoms with Crippen LogP contribution in [0.15, 0.2) is 37.7 Å². The molecule has 4 nitrogen and oxygen atoms in total. The number of benzene rings is 2. The molecule has 2 N–H and O–H groups in total. The summed E-state index contributed by atoms with van der Waals surface area (Å²) in [6.07, 6.45) is 0. The van der Waals surface area contributed by atoms with Gasteiger partial charge in [0.05, 0.1) is 5.69 Å². The summed E-state index contributed by atoms with van der Waals surface area (Å²) in [5.74, 6) is 1.40. The maximum Gasteiger partial charge on any atom is 0.231 e. The van der Waals surface area contributed by atoms with Gasteiger partial charge in [-0.2, -0.15) is 0 Å². The minimum atomic E-state index is 0.177. The number of phenolic OH excluding ortho intramolecular Hbond substituents is 1. The Kier molecular flexibility index (Phi) is 4.33. The van der Waals surface area contributed by atoms with Crippen molar-refractivity contribution in [2.24, 2.45) is 0 Å². The molecule has 0 fully saturated rings. The summed E-state index contributed by atoms with van der Waals surface area (Å²) in [6, 6.07) is 7.26. The third-order valence-electron chi connectivity index (χ3n) is 3.04. The van der Waals surface area contributed by atoms with E-state index in [4.69, 9.17) is 9.47 Å². The van der Waals surface area contributed by atoms with Gasteiger partial charge in [-0.15, -0.1) is 0 Å². The van der Waals surface area contributed by atoms with Crippen molar-refractivity contribution in [3.63, 3.8) is 0 Å². The molecule has 7 heteroatoms. The summed E-state index contributed by atoms with van der Waals surface area (Å²) in [7, 11) is 0. The average molecular weight is 480 g/mol. The van der Waals surface area contributed by atoms with E-state index < -0.39 is 0 Å². The zero-order chi connectivity index (χ0) is 15.0. The number of ether oxygens (including phenoxy) is 2. The zero-order valence-corrected chi connectivity index (χ0v) is 15.4. The van der Waals surface area contributed by atoms with Gasteiger partial charge in [0.15, 0.2) is 11.5 Å². The Morgan fingerprint density at radius 1 is 1.00 bits per heavy atom. The molecule has 110 valence electrons. The third kappa shape index (κ3) is 3.14. The molecule has 0 amide bonds. The van der Waals surface area contributed by atoms with Crippen molar-refractivity contribution in [2.75, 3.05) is 12.1 Å². The van der Waals surface area contributed by atoms with Crippen LogP contribution in [0.2, 0.25) is 0 Å². The zero-order valence-electron chi connectivity index (χ0n) is 10.6. The molecule has 1 aliphatic heterocycles. The van der Waals surface area contributed by atoms with Crippen molar-refractivity contribution < 1.29 is 14.6 Å². The van der Waals surface area contributed by atoms with Crippen molar-refractivity contribution in [3.05, 3.63) is 43.2 Å². The first-order valence-corrected chi connectivity index (χ1v) is 8.42. The molecule has 0 saturated carbocycles. The van der Waals surface area contributed by atoms with Crippen LogP contribution in [0.4, 0.5) is 5.69 Å². The van der Waals surface area contributed by atoms with Crippen LogP contribution in [0.5, 0.6) is 17.2 Å². The number of fused-ring (bicyclic) bond motifs is 1. The van der Waals surface area contributed by atoms with E-state index in [0.717, 1.165) is 24.7 Å². The normalized spacial score (nSPS) is 12.5. The van der Waals surface area contributed by atoms with Gasteiger partial charge in [0.1, 0.15) is 5.75 Å². The van der Waals surface area contributed by atoms with Gasteiger partial charge in [-0.05, 0) is 50.1 Å². The molecule has 1 aliphatic rings. The van der Waals surface area contributed by atoms with Crippen LogP contribution in [0, 0.1) is 0 Å². The van der Waals surface area contributed by atoms with E-state index >= 15 is 0 Å². The lowest BCUT2D eigenvalue weighted by Gasteiger charge is -2.13. The Bertz CT molecular complexity index is 683. The number of hydrogen-bond acceptors (Lipinski definition) is 4. The van der Waals surface area contributed by atoms with Gasteiger partial charge in [0, 0.05) is 31.6 Å². The van der Waals surface area contributed by atoms with Crippen LogP contribution in [0.1, 0.15) is 5.56 Å². The fourth-order valence-corrected chi connectivity index (χ4v) is 4.55. The molecule has 2 aromatic carbocycles. The van der Waals surface area contributed by atoms with Gasteiger partial charge in [0.2, 0.25) is 6.79 Å². The summed E-state index contributed by atoms with van der Waals surface area (Å²) in [6.45, 7) is 0.650. The fourth-order valence-electron chi connectivity index (χ4n) is 2.01. The summed E-state index contributed by atoms with van der Waals surface area (Å²) >= 11 is 10.5. The van der Waals surface area contributed by atoms with Crippen LogP contribution in [0.25, 0.3) is 0 Å². The number of rotatable bonds is 3. The van der Waals surface area contributed by atoms with Gasteiger partial charge in [0.25, 0.3) is 0 Å². The molecule has 0 aliphatic carbocycles. The molecule has 0 radical (unpaired) electrons. The SMILES string of the molecule is Oc1cc2c(cc1CNc1c(Br)cc(Br)cc1Br)OCO2. The average Bonchev–Trinajstić information content (AvgIpc) is 2.84. The number of nitrogens with one attached hydrogen (secondary N) is 1. The molecule has 0 bridgehead atoms. The molecule has 3 rings (SSSR count). The van der Waals surface area contributed by atoms with E-state index in [-0.39, 0.29) is 12.5 Å². The minimum Gasteiger partial charge on any atom is -0.507 e. The Hall–Kier alpha value is -0.920. The number of phenols is 1. The van der Waals surface area contributed by atoms with E-state index in [0.29, 0.717) is 18.0 Å². The van der Waals surface area contributed by atoms with Crippen molar-refractivity contribution in [2.45, 2.75) is 6.54 Å². The first-order valence-electron chi connectivity index (χ1n) is 6.04. The van der Waals surface area contributed by atoms with Crippen molar-refractivity contribution in [3.8, 4) is 17.2 Å². The monoisotopic (exact) mass is 477 g/mol. The minimum absolute atomic E-state index is 0.177.